The standard InChI is InChI=1S/C18H15F3N4OS/c1-23-13(7-15(26)24-5-4-22-9-24)14-6-10(8-25(14)18(23)27)16-11(19)2-3-12(20)17(16)21/h2-5,9-10H,6-8H2,1H3. The van der Waals surface area contributed by atoms with Crippen LogP contribution in [0.15, 0.2) is 30.9 Å². The van der Waals surface area contributed by atoms with Crippen molar-refractivity contribution in [1.82, 2.24) is 18.7 Å². The van der Waals surface area contributed by atoms with Crippen molar-refractivity contribution in [2.75, 3.05) is 0 Å². The number of aromatic nitrogens is 4. The molecule has 3 heterocycles. The fraction of sp³-hybridized carbons (Fsp3) is 0.278. The van der Waals surface area contributed by atoms with Crippen LogP contribution < -0.4 is 0 Å². The number of hydrogen-bond donors (Lipinski definition) is 0. The summed E-state index contributed by atoms with van der Waals surface area (Å²) in [7, 11) is 1.75. The molecule has 0 amide bonds. The van der Waals surface area contributed by atoms with Crippen molar-refractivity contribution in [3.05, 3.63) is 70.0 Å². The minimum atomic E-state index is -1.17. The second-order valence-electron chi connectivity index (χ2n) is 6.54. The molecule has 1 aliphatic rings. The zero-order valence-corrected chi connectivity index (χ0v) is 15.1. The van der Waals surface area contributed by atoms with Gasteiger partial charge in [-0.15, -0.1) is 0 Å². The molecule has 0 spiro atoms. The highest BCUT2D eigenvalue weighted by atomic mass is 32.1. The number of hydrogen-bond acceptors (Lipinski definition) is 3. The fourth-order valence-electron chi connectivity index (χ4n) is 3.67. The molecule has 0 N–H and O–H groups in total. The molecule has 3 aromatic rings. The third kappa shape index (κ3) is 2.82. The van der Waals surface area contributed by atoms with E-state index in [0.717, 1.165) is 17.8 Å². The van der Waals surface area contributed by atoms with E-state index in [0.29, 0.717) is 10.5 Å². The van der Waals surface area contributed by atoms with Crippen LogP contribution in [-0.4, -0.2) is 24.6 Å². The van der Waals surface area contributed by atoms with Gasteiger partial charge in [0.2, 0.25) is 5.91 Å². The summed E-state index contributed by atoms with van der Waals surface area (Å²) >= 11 is 5.42. The number of rotatable bonds is 3. The number of benzene rings is 1. The van der Waals surface area contributed by atoms with Gasteiger partial charge in [-0.05, 0) is 30.8 Å². The third-order valence-corrected chi connectivity index (χ3v) is 5.52. The van der Waals surface area contributed by atoms with Crippen LogP contribution >= 0.6 is 12.2 Å². The van der Waals surface area contributed by atoms with Crippen molar-refractivity contribution < 1.29 is 18.0 Å². The summed E-state index contributed by atoms with van der Waals surface area (Å²) in [6, 6.07) is 1.70. The lowest BCUT2D eigenvalue weighted by molar-refractivity contribution is 0.0911. The summed E-state index contributed by atoms with van der Waals surface area (Å²) < 4.78 is 47.3. The van der Waals surface area contributed by atoms with Gasteiger partial charge in [-0.3, -0.25) is 9.36 Å². The van der Waals surface area contributed by atoms with Gasteiger partial charge in [-0.2, -0.15) is 0 Å². The van der Waals surface area contributed by atoms with E-state index in [4.69, 9.17) is 12.2 Å². The summed E-state index contributed by atoms with van der Waals surface area (Å²) in [4.78, 5) is 16.3. The molecule has 1 aromatic carbocycles. The lowest BCUT2D eigenvalue weighted by Crippen LogP contribution is -2.15. The molecule has 1 aliphatic heterocycles. The largest absolute Gasteiger partial charge is 0.323 e. The van der Waals surface area contributed by atoms with Crippen LogP contribution in [-0.2, 0) is 26.4 Å². The van der Waals surface area contributed by atoms with Gasteiger partial charge >= 0.3 is 0 Å². The van der Waals surface area contributed by atoms with Crippen LogP contribution in [0.4, 0.5) is 13.2 Å². The van der Waals surface area contributed by atoms with E-state index in [9.17, 15) is 18.0 Å². The van der Waals surface area contributed by atoms with Crippen molar-refractivity contribution in [3.63, 3.8) is 0 Å². The van der Waals surface area contributed by atoms with Gasteiger partial charge in [-0.1, -0.05) is 0 Å². The van der Waals surface area contributed by atoms with E-state index in [1.54, 1.807) is 22.4 Å². The maximum atomic E-state index is 14.2. The summed E-state index contributed by atoms with van der Waals surface area (Å²) in [6.45, 7) is 0.235. The van der Waals surface area contributed by atoms with Crippen molar-refractivity contribution >= 4 is 18.1 Å². The summed E-state index contributed by atoms with van der Waals surface area (Å²) in [5, 5.41) is 0. The average molecular weight is 392 g/mol. The highest BCUT2D eigenvalue weighted by Crippen LogP contribution is 2.36. The molecular formula is C18H15F3N4OS. The molecular weight excluding hydrogens is 377 g/mol. The Morgan fingerprint density at radius 1 is 1.30 bits per heavy atom. The molecule has 4 rings (SSSR count). The van der Waals surface area contributed by atoms with Gasteiger partial charge in [0.05, 0.1) is 6.42 Å². The van der Waals surface area contributed by atoms with Crippen LogP contribution in [0.5, 0.6) is 0 Å². The van der Waals surface area contributed by atoms with Gasteiger partial charge in [0, 0.05) is 48.9 Å². The maximum absolute atomic E-state index is 14.2. The molecule has 0 saturated carbocycles. The fourth-order valence-corrected chi connectivity index (χ4v) is 3.96. The van der Waals surface area contributed by atoms with Gasteiger partial charge < -0.3 is 9.13 Å². The summed E-state index contributed by atoms with van der Waals surface area (Å²) in [6.07, 6.45) is 4.81. The first-order valence-corrected chi connectivity index (χ1v) is 8.71. The topological polar surface area (TPSA) is 44.8 Å². The molecule has 0 radical (unpaired) electrons. The molecule has 9 heteroatoms. The quantitative estimate of drug-likeness (QED) is 0.507. The zero-order valence-electron chi connectivity index (χ0n) is 14.3. The van der Waals surface area contributed by atoms with Crippen LogP contribution in [0.1, 0.15) is 27.7 Å². The molecule has 0 aliphatic carbocycles. The Labute approximate surface area is 157 Å². The Bertz CT molecular complexity index is 1100. The minimum absolute atomic E-state index is 0.0691. The Morgan fingerprint density at radius 3 is 2.74 bits per heavy atom. The van der Waals surface area contributed by atoms with Gasteiger partial charge in [0.15, 0.2) is 16.4 Å². The first kappa shape index (κ1) is 17.7. The molecule has 0 fully saturated rings. The van der Waals surface area contributed by atoms with E-state index >= 15 is 0 Å². The predicted molar refractivity (Wildman–Crippen MR) is 93.6 cm³/mol. The highest BCUT2D eigenvalue weighted by molar-refractivity contribution is 7.71. The first-order chi connectivity index (χ1) is 12.9. The van der Waals surface area contributed by atoms with E-state index in [1.807, 2.05) is 0 Å². The first-order valence-electron chi connectivity index (χ1n) is 8.30. The number of carbonyl (C=O) groups is 1. The molecule has 1 atom stereocenters. The molecule has 1 unspecified atom stereocenters. The van der Waals surface area contributed by atoms with Crippen LogP contribution in [0, 0.1) is 22.2 Å². The predicted octanol–water partition coefficient (Wildman–Crippen LogP) is 3.39. The number of imidazole rings is 2. The van der Waals surface area contributed by atoms with Crippen molar-refractivity contribution in [1.29, 1.82) is 0 Å². The van der Waals surface area contributed by atoms with E-state index < -0.39 is 23.4 Å². The third-order valence-electron chi connectivity index (χ3n) is 5.02. The maximum Gasteiger partial charge on any atom is 0.237 e. The van der Waals surface area contributed by atoms with E-state index in [-0.39, 0.29) is 30.9 Å². The monoisotopic (exact) mass is 392 g/mol. The van der Waals surface area contributed by atoms with E-state index in [1.165, 1.54) is 17.1 Å². The Kier molecular flexibility index (Phi) is 4.26. The van der Waals surface area contributed by atoms with E-state index in [2.05, 4.69) is 4.98 Å². The number of carbonyl (C=O) groups excluding carboxylic acids is 1. The smallest absolute Gasteiger partial charge is 0.237 e. The van der Waals surface area contributed by atoms with Crippen molar-refractivity contribution in [3.8, 4) is 0 Å². The number of nitrogens with zero attached hydrogens (tertiary/aromatic N) is 4. The molecule has 27 heavy (non-hydrogen) atoms. The molecule has 5 nitrogen and oxygen atoms in total. The lowest BCUT2D eigenvalue weighted by Gasteiger charge is -2.13. The summed E-state index contributed by atoms with van der Waals surface area (Å²) in [5.74, 6) is -3.81. The van der Waals surface area contributed by atoms with Crippen molar-refractivity contribution in [2.24, 2.45) is 7.05 Å². The average Bonchev–Trinajstić information content (AvgIpc) is 3.35. The normalized spacial score (nSPS) is 15.9. The molecule has 0 saturated heterocycles. The lowest BCUT2D eigenvalue weighted by atomic mass is 9.95. The van der Waals surface area contributed by atoms with Crippen LogP contribution in [0.3, 0.4) is 0 Å². The molecule has 2 aromatic heterocycles. The van der Waals surface area contributed by atoms with Gasteiger partial charge in [-0.25, -0.2) is 18.2 Å². The van der Waals surface area contributed by atoms with Gasteiger partial charge in [0.1, 0.15) is 12.1 Å². The second-order valence-corrected chi connectivity index (χ2v) is 6.91. The zero-order chi connectivity index (χ0) is 19.3. The minimum Gasteiger partial charge on any atom is -0.323 e. The SMILES string of the molecule is Cn1c(CC(=O)n2ccnc2)c2n(c1=S)CC(c1c(F)ccc(F)c1F)C2. The number of fused-ring (bicyclic) bond motifs is 1. The Morgan fingerprint density at radius 2 is 2.04 bits per heavy atom. The summed E-state index contributed by atoms with van der Waals surface area (Å²) in [5.41, 5.74) is 1.14. The molecule has 140 valence electrons. The van der Waals surface area contributed by atoms with Crippen LogP contribution in [0.2, 0.25) is 0 Å². The van der Waals surface area contributed by atoms with Crippen LogP contribution in [0.25, 0.3) is 0 Å². The Hall–Kier alpha value is -2.68. The number of halogens is 3. The van der Waals surface area contributed by atoms with Gasteiger partial charge in [0.25, 0.3) is 0 Å². The Balaban J connectivity index is 1.70. The molecule has 0 bridgehead atoms. The highest BCUT2D eigenvalue weighted by Gasteiger charge is 2.33. The van der Waals surface area contributed by atoms with Crippen molar-refractivity contribution in [2.45, 2.75) is 25.3 Å². The second kappa shape index (κ2) is 6.49.